The van der Waals surface area contributed by atoms with E-state index in [1.807, 2.05) is 0 Å². The summed E-state index contributed by atoms with van der Waals surface area (Å²) in [5.74, 6) is -1.46. The first-order chi connectivity index (χ1) is 43.0. The summed E-state index contributed by atoms with van der Waals surface area (Å²) in [6, 6.07) is 0. The molecule has 89 heavy (non-hydrogen) atoms. The molecule has 0 aliphatic carbocycles. The lowest BCUT2D eigenvalue weighted by Crippen LogP contribution is -2.30. The summed E-state index contributed by atoms with van der Waals surface area (Å²) < 4.78 is 68.2. The maximum Gasteiger partial charge on any atom is 0.472 e. The number of aliphatic hydroxyl groups is 1. The van der Waals surface area contributed by atoms with Crippen molar-refractivity contribution in [2.24, 2.45) is 5.92 Å². The van der Waals surface area contributed by atoms with Gasteiger partial charge in [0.1, 0.15) is 19.3 Å². The van der Waals surface area contributed by atoms with Gasteiger partial charge in [-0.1, -0.05) is 311 Å². The van der Waals surface area contributed by atoms with Crippen molar-refractivity contribution in [3.8, 4) is 0 Å². The van der Waals surface area contributed by atoms with Crippen LogP contribution in [0, 0.1) is 5.92 Å². The zero-order valence-electron chi connectivity index (χ0n) is 57.6. The highest BCUT2D eigenvalue weighted by Crippen LogP contribution is 2.45. The normalized spacial score (nSPS) is 14.1. The molecule has 0 aromatic rings. The molecule has 0 saturated heterocycles. The Kier molecular flexibility index (Phi) is 62.1. The Morgan fingerprint density at radius 2 is 0.517 bits per heavy atom. The minimum atomic E-state index is -4.95. The average molecular weight is 1310 g/mol. The fourth-order valence-electron chi connectivity index (χ4n) is 10.6. The Labute approximate surface area is 543 Å². The summed E-state index contributed by atoms with van der Waals surface area (Å²) in [6.45, 7) is 7.13. The monoisotopic (exact) mass is 1310 g/mol. The van der Waals surface area contributed by atoms with Gasteiger partial charge in [-0.25, -0.2) is 9.13 Å². The number of phosphoric acid groups is 2. The Morgan fingerprint density at radius 1 is 0.303 bits per heavy atom. The fraction of sp³-hybridized carbons (Fsp3) is 0.943. The third kappa shape index (κ3) is 64.6. The lowest BCUT2D eigenvalue weighted by atomic mass is 10.0. The zero-order valence-corrected chi connectivity index (χ0v) is 59.4. The van der Waals surface area contributed by atoms with Crippen LogP contribution >= 0.6 is 15.6 Å². The van der Waals surface area contributed by atoms with Crippen LogP contribution in [-0.2, 0) is 65.4 Å². The topological polar surface area (TPSA) is 237 Å². The second kappa shape index (κ2) is 63.5. The summed E-state index contributed by atoms with van der Waals surface area (Å²) in [6.07, 6.45) is 50.3. The number of unbranched alkanes of at least 4 members (excludes halogenated alkanes) is 42. The van der Waals surface area contributed by atoms with E-state index in [0.29, 0.717) is 31.6 Å². The number of rotatable bonds is 70. The van der Waals surface area contributed by atoms with E-state index in [9.17, 15) is 43.2 Å². The Morgan fingerprint density at radius 3 is 0.764 bits per heavy atom. The molecule has 0 heterocycles. The largest absolute Gasteiger partial charge is 0.472 e. The number of carbonyl (C=O) groups is 4. The van der Waals surface area contributed by atoms with Crippen molar-refractivity contribution in [3.63, 3.8) is 0 Å². The number of aliphatic hydroxyl groups excluding tert-OH is 1. The average Bonchev–Trinajstić information content (AvgIpc) is 3.62. The third-order valence-corrected chi connectivity index (χ3v) is 18.2. The van der Waals surface area contributed by atoms with Gasteiger partial charge >= 0.3 is 39.5 Å². The molecule has 528 valence electrons. The maximum atomic E-state index is 13.0. The van der Waals surface area contributed by atoms with Gasteiger partial charge in [0.05, 0.1) is 26.4 Å². The van der Waals surface area contributed by atoms with Crippen molar-refractivity contribution in [2.75, 3.05) is 39.6 Å². The molecule has 0 spiro atoms. The summed E-state index contributed by atoms with van der Waals surface area (Å²) >= 11 is 0. The SMILES string of the molecule is CCCCCCCCCCCCCCCCCCCCCC(=O)O[C@H](COC(=O)CCCCCCCCCCCCCCC)COP(=O)(O)OC[C@@H](O)COP(=O)(O)OC[C@@H](COC(=O)CCCCCCCCCC)OC(=O)CCCCCCCCC(C)C. The Balaban J connectivity index is 5.17. The molecule has 0 aliphatic rings. The van der Waals surface area contributed by atoms with Crippen LogP contribution in [-0.4, -0.2) is 96.7 Å². The molecule has 0 aliphatic heterocycles. The van der Waals surface area contributed by atoms with Crippen molar-refractivity contribution in [1.29, 1.82) is 0 Å². The predicted molar refractivity (Wildman–Crippen MR) is 358 cm³/mol. The van der Waals surface area contributed by atoms with E-state index in [1.165, 1.54) is 180 Å². The molecule has 0 amide bonds. The van der Waals surface area contributed by atoms with Crippen molar-refractivity contribution >= 4 is 39.5 Å². The highest BCUT2D eigenvalue weighted by Gasteiger charge is 2.30. The van der Waals surface area contributed by atoms with Gasteiger partial charge in [-0.15, -0.1) is 0 Å². The molecule has 5 atom stereocenters. The molecular formula is C70H136O17P2. The number of carbonyl (C=O) groups excluding carboxylic acids is 4. The molecule has 3 N–H and O–H groups in total. The van der Waals surface area contributed by atoms with Crippen LogP contribution in [0.4, 0.5) is 0 Å². The molecular weight excluding hydrogens is 1170 g/mol. The second-order valence-corrected chi connectivity index (χ2v) is 28.7. The van der Waals surface area contributed by atoms with Crippen LogP contribution in [0.2, 0.25) is 0 Å². The number of esters is 4. The molecule has 0 fully saturated rings. The van der Waals surface area contributed by atoms with E-state index in [0.717, 1.165) is 96.3 Å². The van der Waals surface area contributed by atoms with Gasteiger partial charge in [0.2, 0.25) is 0 Å². The lowest BCUT2D eigenvalue weighted by Gasteiger charge is -2.21. The maximum absolute atomic E-state index is 13.0. The molecule has 0 aromatic carbocycles. The molecule has 17 nitrogen and oxygen atoms in total. The first kappa shape index (κ1) is 87.1. The summed E-state index contributed by atoms with van der Waals surface area (Å²) in [4.78, 5) is 72.4. The first-order valence-corrected chi connectivity index (χ1v) is 39.6. The van der Waals surface area contributed by atoms with E-state index >= 15 is 0 Å². The second-order valence-electron chi connectivity index (χ2n) is 25.7. The van der Waals surface area contributed by atoms with Crippen LogP contribution in [0.5, 0.6) is 0 Å². The van der Waals surface area contributed by atoms with E-state index in [1.54, 1.807) is 0 Å². The predicted octanol–water partition coefficient (Wildman–Crippen LogP) is 20.1. The van der Waals surface area contributed by atoms with Crippen molar-refractivity contribution in [3.05, 3.63) is 0 Å². The van der Waals surface area contributed by atoms with Gasteiger partial charge in [0, 0.05) is 25.7 Å². The van der Waals surface area contributed by atoms with Crippen LogP contribution < -0.4 is 0 Å². The van der Waals surface area contributed by atoms with Crippen molar-refractivity contribution in [2.45, 2.75) is 380 Å². The summed E-state index contributed by atoms with van der Waals surface area (Å²) in [5, 5.41) is 10.6. The molecule has 0 rings (SSSR count). The molecule has 2 unspecified atom stereocenters. The van der Waals surface area contributed by atoms with Crippen LogP contribution in [0.3, 0.4) is 0 Å². The van der Waals surface area contributed by atoms with Crippen molar-refractivity contribution < 1.29 is 80.2 Å². The number of hydrogen-bond acceptors (Lipinski definition) is 15. The lowest BCUT2D eigenvalue weighted by molar-refractivity contribution is -0.161. The summed E-state index contributed by atoms with van der Waals surface area (Å²) in [5.41, 5.74) is 0. The fourth-order valence-corrected chi connectivity index (χ4v) is 12.2. The number of phosphoric ester groups is 2. The highest BCUT2D eigenvalue weighted by atomic mass is 31.2. The molecule has 19 heteroatoms. The van der Waals surface area contributed by atoms with Crippen LogP contribution in [0.1, 0.15) is 362 Å². The van der Waals surface area contributed by atoms with Crippen LogP contribution in [0.25, 0.3) is 0 Å². The Bertz CT molecular complexity index is 1720. The molecule has 0 radical (unpaired) electrons. The third-order valence-electron chi connectivity index (χ3n) is 16.3. The van der Waals surface area contributed by atoms with Gasteiger partial charge < -0.3 is 33.8 Å². The van der Waals surface area contributed by atoms with E-state index in [-0.39, 0.29) is 25.7 Å². The van der Waals surface area contributed by atoms with E-state index in [4.69, 9.17) is 37.0 Å². The standard InChI is InChI=1S/C70H136O17P2/c1-6-9-12-15-18-21-23-25-26-27-28-29-30-32-34-36-39-45-50-55-69(74)86-65(59-81-68(73)54-49-44-38-35-33-31-24-22-19-16-13-10-7-2)61-84-88(76,77)82-57-64(71)58-83-89(78,79)85-62-66(60-80-67(72)53-48-43-37-20-17-14-11-8-3)87-70(75)56-51-46-41-40-42-47-52-63(4)5/h63-66,71H,6-62H2,1-5H3,(H,76,77)(H,78,79)/t64-,65-,66-/m1/s1. The quantitative estimate of drug-likeness (QED) is 0.0222. The van der Waals surface area contributed by atoms with Crippen molar-refractivity contribution in [1.82, 2.24) is 0 Å². The van der Waals surface area contributed by atoms with Gasteiger partial charge in [0.25, 0.3) is 0 Å². The van der Waals surface area contributed by atoms with Crippen LogP contribution in [0.15, 0.2) is 0 Å². The molecule has 0 saturated carbocycles. The minimum Gasteiger partial charge on any atom is -0.462 e. The number of hydrogen-bond donors (Lipinski definition) is 3. The smallest absolute Gasteiger partial charge is 0.462 e. The van der Waals surface area contributed by atoms with Gasteiger partial charge in [-0.3, -0.25) is 37.3 Å². The van der Waals surface area contributed by atoms with Gasteiger partial charge in [-0.2, -0.15) is 0 Å². The van der Waals surface area contributed by atoms with Gasteiger partial charge in [-0.05, 0) is 31.6 Å². The molecule has 0 bridgehead atoms. The highest BCUT2D eigenvalue weighted by molar-refractivity contribution is 7.47. The molecule has 0 aromatic heterocycles. The Hall–Kier alpha value is -1.94. The zero-order chi connectivity index (χ0) is 65.6. The minimum absolute atomic E-state index is 0.102. The first-order valence-electron chi connectivity index (χ1n) is 36.6. The summed E-state index contributed by atoms with van der Waals surface area (Å²) in [7, 11) is -9.89. The van der Waals surface area contributed by atoms with E-state index in [2.05, 4.69) is 34.6 Å². The van der Waals surface area contributed by atoms with E-state index < -0.39 is 97.5 Å². The number of ether oxygens (including phenoxy) is 4. The van der Waals surface area contributed by atoms with Gasteiger partial charge in [0.15, 0.2) is 12.2 Å².